The molecule has 2 aromatic rings. The summed E-state index contributed by atoms with van der Waals surface area (Å²) in [5.41, 5.74) is 3.23. The van der Waals surface area contributed by atoms with Gasteiger partial charge in [-0.15, -0.1) is 0 Å². The monoisotopic (exact) mass is 336 g/mol. The van der Waals surface area contributed by atoms with E-state index in [-0.39, 0.29) is 29.2 Å². The Morgan fingerprint density at radius 2 is 1.88 bits per heavy atom. The minimum absolute atomic E-state index is 0.00459. The van der Waals surface area contributed by atoms with Gasteiger partial charge in [0.25, 0.3) is 11.5 Å². The Morgan fingerprint density at radius 1 is 1.12 bits per heavy atom. The number of ketones is 1. The lowest BCUT2D eigenvalue weighted by Gasteiger charge is -2.33. The Hall–Kier alpha value is -2.69. The molecule has 0 saturated heterocycles. The molecule has 4 rings (SSSR count). The minimum atomic E-state index is -0.151. The summed E-state index contributed by atoms with van der Waals surface area (Å²) in [7, 11) is 0. The Kier molecular flexibility index (Phi) is 3.79. The van der Waals surface area contributed by atoms with Gasteiger partial charge in [-0.25, -0.2) is 0 Å². The predicted octanol–water partition coefficient (Wildman–Crippen LogP) is 2.40. The highest BCUT2D eigenvalue weighted by atomic mass is 16.2. The third-order valence-corrected chi connectivity index (χ3v) is 5.37. The van der Waals surface area contributed by atoms with Crippen LogP contribution in [0.25, 0.3) is 0 Å². The van der Waals surface area contributed by atoms with E-state index in [0.29, 0.717) is 36.9 Å². The highest BCUT2D eigenvalue weighted by Crippen LogP contribution is 2.38. The molecule has 1 aliphatic carbocycles. The second kappa shape index (κ2) is 5.99. The summed E-state index contributed by atoms with van der Waals surface area (Å²) in [6.07, 6.45) is 3.24. The molecule has 25 heavy (non-hydrogen) atoms. The molecule has 5 heteroatoms. The maximum absolute atomic E-state index is 12.9. The standard InChI is InChI=1S/C20H20N2O3/c1-12-6-7-21-19(24)17(12)10-18-15-4-2-3-5-16(15)20(25)22(18)11-13-8-14(23)9-13/h2-7,13,18H,8-11H2,1H3,(H,21,24). The molecule has 1 fully saturated rings. The van der Waals surface area contributed by atoms with Crippen LogP contribution in [0.4, 0.5) is 0 Å². The Labute approximate surface area is 145 Å². The van der Waals surface area contributed by atoms with Crippen LogP contribution >= 0.6 is 0 Å². The molecule has 1 unspecified atom stereocenters. The van der Waals surface area contributed by atoms with E-state index in [4.69, 9.17) is 0 Å². The molecule has 1 amide bonds. The Morgan fingerprint density at radius 3 is 2.60 bits per heavy atom. The third kappa shape index (κ3) is 2.69. The van der Waals surface area contributed by atoms with Gasteiger partial charge in [-0.2, -0.15) is 0 Å². The van der Waals surface area contributed by atoms with Crippen LogP contribution in [0.3, 0.4) is 0 Å². The zero-order chi connectivity index (χ0) is 17.6. The van der Waals surface area contributed by atoms with Gasteiger partial charge in [-0.05, 0) is 36.1 Å². The van der Waals surface area contributed by atoms with Gasteiger partial charge in [0.2, 0.25) is 0 Å². The smallest absolute Gasteiger partial charge is 0.254 e. The number of hydrogen-bond acceptors (Lipinski definition) is 3. The van der Waals surface area contributed by atoms with Crippen molar-refractivity contribution < 1.29 is 9.59 Å². The molecule has 1 saturated carbocycles. The molecule has 0 bridgehead atoms. The quantitative estimate of drug-likeness (QED) is 0.932. The van der Waals surface area contributed by atoms with Crippen molar-refractivity contribution in [2.75, 3.05) is 6.54 Å². The summed E-state index contributed by atoms with van der Waals surface area (Å²) < 4.78 is 0. The van der Waals surface area contributed by atoms with Gasteiger partial charge in [0.1, 0.15) is 5.78 Å². The average molecular weight is 336 g/mol. The molecular weight excluding hydrogens is 316 g/mol. The number of aryl methyl sites for hydroxylation is 1. The van der Waals surface area contributed by atoms with Crippen molar-refractivity contribution in [3.05, 3.63) is 69.1 Å². The lowest BCUT2D eigenvalue weighted by Crippen LogP contribution is -2.39. The van der Waals surface area contributed by atoms with Crippen LogP contribution in [0.15, 0.2) is 41.3 Å². The largest absolute Gasteiger partial charge is 0.331 e. The summed E-state index contributed by atoms with van der Waals surface area (Å²) in [5, 5.41) is 0. The summed E-state index contributed by atoms with van der Waals surface area (Å²) in [5.74, 6) is 0.509. The van der Waals surface area contributed by atoms with E-state index in [1.807, 2.05) is 42.2 Å². The predicted molar refractivity (Wildman–Crippen MR) is 93.5 cm³/mol. The minimum Gasteiger partial charge on any atom is -0.331 e. The molecule has 2 aliphatic rings. The van der Waals surface area contributed by atoms with Crippen molar-refractivity contribution in [1.29, 1.82) is 0 Å². The van der Waals surface area contributed by atoms with E-state index < -0.39 is 0 Å². The lowest BCUT2D eigenvalue weighted by molar-refractivity contribution is -0.127. The number of rotatable bonds is 4. The van der Waals surface area contributed by atoms with Crippen molar-refractivity contribution in [2.45, 2.75) is 32.2 Å². The summed E-state index contributed by atoms with van der Waals surface area (Å²) in [4.78, 5) is 41.0. The number of benzene rings is 1. The first-order chi connectivity index (χ1) is 12.0. The van der Waals surface area contributed by atoms with Gasteiger partial charge in [0.05, 0.1) is 6.04 Å². The lowest BCUT2D eigenvalue weighted by atomic mass is 9.83. The van der Waals surface area contributed by atoms with Crippen LogP contribution in [-0.2, 0) is 11.2 Å². The first-order valence-corrected chi connectivity index (χ1v) is 8.63. The molecule has 1 aromatic heterocycles. The van der Waals surface area contributed by atoms with Crippen LogP contribution in [0, 0.1) is 12.8 Å². The molecule has 1 aromatic carbocycles. The van der Waals surface area contributed by atoms with Gasteiger partial charge in [0.15, 0.2) is 0 Å². The van der Waals surface area contributed by atoms with Gasteiger partial charge in [0, 0.05) is 43.1 Å². The van der Waals surface area contributed by atoms with Gasteiger partial charge in [-0.3, -0.25) is 14.4 Å². The number of nitrogens with zero attached hydrogens (tertiary/aromatic N) is 1. The number of aromatic amines is 1. The second-order valence-electron chi connectivity index (χ2n) is 7.05. The average Bonchev–Trinajstić information content (AvgIpc) is 2.83. The highest BCUT2D eigenvalue weighted by Gasteiger charge is 2.40. The number of H-pyrrole nitrogens is 1. The molecule has 1 N–H and O–H groups in total. The number of pyridine rings is 1. The van der Waals surface area contributed by atoms with E-state index in [1.165, 1.54) is 0 Å². The van der Waals surface area contributed by atoms with Crippen molar-refractivity contribution >= 4 is 11.7 Å². The van der Waals surface area contributed by atoms with Crippen LogP contribution < -0.4 is 5.56 Å². The van der Waals surface area contributed by atoms with Crippen LogP contribution in [0.1, 0.15) is 45.9 Å². The van der Waals surface area contributed by atoms with Crippen LogP contribution in [0.5, 0.6) is 0 Å². The first kappa shape index (κ1) is 15.8. The topological polar surface area (TPSA) is 70.2 Å². The normalized spacial score (nSPS) is 19.9. The van der Waals surface area contributed by atoms with Crippen molar-refractivity contribution in [2.24, 2.45) is 5.92 Å². The van der Waals surface area contributed by atoms with E-state index >= 15 is 0 Å². The molecule has 128 valence electrons. The van der Waals surface area contributed by atoms with E-state index in [0.717, 1.165) is 11.1 Å². The van der Waals surface area contributed by atoms with E-state index in [9.17, 15) is 14.4 Å². The van der Waals surface area contributed by atoms with Crippen LogP contribution in [-0.4, -0.2) is 28.1 Å². The fourth-order valence-electron chi connectivity index (χ4n) is 3.92. The maximum Gasteiger partial charge on any atom is 0.254 e. The fraction of sp³-hybridized carbons (Fsp3) is 0.350. The highest BCUT2D eigenvalue weighted by molar-refractivity contribution is 5.99. The molecule has 1 atom stereocenters. The molecule has 0 radical (unpaired) electrons. The number of hydrogen-bond donors (Lipinski definition) is 1. The number of fused-ring (bicyclic) bond motifs is 1. The van der Waals surface area contributed by atoms with Crippen molar-refractivity contribution in [3.63, 3.8) is 0 Å². The molecule has 0 spiro atoms. The number of aromatic nitrogens is 1. The Bertz CT molecular complexity index is 907. The van der Waals surface area contributed by atoms with Crippen LogP contribution in [0.2, 0.25) is 0 Å². The number of amides is 1. The maximum atomic E-state index is 12.9. The number of carbonyl (C=O) groups excluding carboxylic acids is 2. The SMILES string of the molecule is Cc1cc[nH]c(=O)c1CC1c2ccccc2C(=O)N1CC1CC(=O)C1. The van der Waals surface area contributed by atoms with Gasteiger partial charge < -0.3 is 9.88 Å². The summed E-state index contributed by atoms with van der Waals surface area (Å²) in [6, 6.07) is 9.34. The number of nitrogens with one attached hydrogen (secondary N) is 1. The number of Topliss-reactive ketones (excluding diaryl/α,β-unsaturated/α-hetero) is 1. The first-order valence-electron chi connectivity index (χ1n) is 8.63. The van der Waals surface area contributed by atoms with E-state index in [1.54, 1.807) is 6.20 Å². The molecular formula is C20H20N2O3. The van der Waals surface area contributed by atoms with E-state index in [2.05, 4.69) is 4.98 Å². The zero-order valence-corrected chi connectivity index (χ0v) is 14.1. The zero-order valence-electron chi connectivity index (χ0n) is 14.1. The number of carbonyl (C=O) groups is 2. The van der Waals surface area contributed by atoms with Gasteiger partial charge >= 0.3 is 0 Å². The summed E-state index contributed by atoms with van der Waals surface area (Å²) >= 11 is 0. The Balaban J connectivity index is 1.69. The van der Waals surface area contributed by atoms with Crippen molar-refractivity contribution in [3.8, 4) is 0 Å². The molecule has 5 nitrogen and oxygen atoms in total. The van der Waals surface area contributed by atoms with Gasteiger partial charge in [-0.1, -0.05) is 18.2 Å². The molecule has 2 heterocycles. The summed E-state index contributed by atoms with van der Waals surface area (Å²) in [6.45, 7) is 2.50. The molecule has 1 aliphatic heterocycles. The van der Waals surface area contributed by atoms with Crippen molar-refractivity contribution in [1.82, 2.24) is 9.88 Å². The third-order valence-electron chi connectivity index (χ3n) is 5.37. The fourth-order valence-corrected chi connectivity index (χ4v) is 3.92. The second-order valence-corrected chi connectivity index (χ2v) is 7.05.